The largest absolute Gasteiger partial charge is 0.310 e. The lowest BCUT2D eigenvalue weighted by molar-refractivity contribution is 0.628. The number of allylic oxidation sites excluding steroid dienone is 2. The smallest absolute Gasteiger partial charge is 0.160 e. The Hall–Kier alpha value is -5.86. The molecule has 2 nitrogen and oxygen atoms in total. The summed E-state index contributed by atoms with van der Waals surface area (Å²) in [5.41, 5.74) is 5.00. The van der Waals surface area contributed by atoms with Gasteiger partial charge in [-0.25, -0.2) is 0 Å². The van der Waals surface area contributed by atoms with E-state index in [1.807, 2.05) is 0 Å². The highest BCUT2D eigenvalue weighted by molar-refractivity contribution is 6.00. The average Bonchev–Trinajstić information content (AvgIpc) is 3.14. The molecule has 220 valence electrons. The van der Waals surface area contributed by atoms with Crippen LogP contribution in [0.2, 0.25) is 0 Å². The van der Waals surface area contributed by atoms with Crippen molar-refractivity contribution >= 4 is 44.3 Å². The fourth-order valence-electron chi connectivity index (χ4n) is 6.94. The number of hydrogen-bond donors (Lipinski definition) is 0. The first kappa shape index (κ1) is 27.7. The van der Waals surface area contributed by atoms with E-state index in [9.17, 15) is 0 Å². The highest BCUT2D eigenvalue weighted by Crippen LogP contribution is 2.48. The fraction of sp³-hybridized carbons (Fsp3) is 0.0455. The van der Waals surface area contributed by atoms with Crippen molar-refractivity contribution in [2.75, 3.05) is 9.80 Å². The monoisotopic (exact) mass is 590 g/mol. The Morgan fingerprint density at radius 3 is 1.24 bits per heavy atom. The topological polar surface area (TPSA) is 6.48 Å². The van der Waals surface area contributed by atoms with Gasteiger partial charge in [0, 0.05) is 28.1 Å². The van der Waals surface area contributed by atoms with E-state index in [-0.39, 0.29) is 5.92 Å². The molecule has 0 saturated carbocycles. The van der Waals surface area contributed by atoms with Crippen molar-refractivity contribution in [2.24, 2.45) is 0 Å². The van der Waals surface area contributed by atoms with Crippen molar-refractivity contribution in [1.29, 1.82) is 0 Å². The Labute approximate surface area is 270 Å². The zero-order valence-corrected chi connectivity index (χ0v) is 25.5. The molecule has 0 heterocycles. The van der Waals surface area contributed by atoms with E-state index >= 15 is 0 Å². The zero-order valence-electron chi connectivity index (χ0n) is 25.5. The van der Waals surface area contributed by atoms with Crippen molar-refractivity contribution < 1.29 is 0 Å². The maximum Gasteiger partial charge on any atom is 0.160 e. The molecule has 2 heteroatoms. The Kier molecular flexibility index (Phi) is 7.16. The first-order chi connectivity index (χ1) is 22.8. The molecular formula is C44H34N2. The number of nitrogens with zero attached hydrogens (tertiary/aromatic N) is 2. The van der Waals surface area contributed by atoms with Crippen LogP contribution in [0.5, 0.6) is 0 Å². The zero-order chi connectivity index (χ0) is 30.8. The molecule has 0 saturated heterocycles. The van der Waals surface area contributed by atoms with Crippen molar-refractivity contribution in [3.8, 4) is 0 Å². The van der Waals surface area contributed by atoms with Gasteiger partial charge in [-0.2, -0.15) is 0 Å². The van der Waals surface area contributed by atoms with Crippen LogP contribution in [0.3, 0.4) is 0 Å². The molecule has 0 radical (unpaired) electrons. The third-order valence-corrected chi connectivity index (χ3v) is 9.04. The minimum absolute atomic E-state index is 0.157. The van der Waals surface area contributed by atoms with Crippen LogP contribution in [-0.2, 0) is 0 Å². The summed E-state index contributed by atoms with van der Waals surface area (Å²) in [5, 5.41) is 4.81. The predicted molar refractivity (Wildman–Crippen MR) is 195 cm³/mol. The molecule has 0 unspecified atom stereocenters. The molecule has 0 aliphatic heterocycles. The summed E-state index contributed by atoms with van der Waals surface area (Å²) in [7, 11) is 0. The van der Waals surface area contributed by atoms with Crippen LogP contribution in [0.15, 0.2) is 200 Å². The summed E-state index contributed by atoms with van der Waals surface area (Å²) in [6.07, 6.45) is 9.57. The van der Waals surface area contributed by atoms with Crippen molar-refractivity contribution in [3.63, 3.8) is 0 Å². The molecule has 1 aliphatic carbocycles. The van der Waals surface area contributed by atoms with Crippen LogP contribution in [0, 0.1) is 0 Å². The molecular weight excluding hydrogens is 556 g/mol. The predicted octanol–water partition coefficient (Wildman–Crippen LogP) is 11.6. The van der Waals surface area contributed by atoms with Crippen molar-refractivity contribution in [1.82, 2.24) is 0 Å². The third kappa shape index (κ3) is 4.85. The van der Waals surface area contributed by atoms with Crippen LogP contribution in [0.25, 0.3) is 21.5 Å². The Balaban J connectivity index is 1.47. The first-order valence-corrected chi connectivity index (χ1v) is 15.9. The minimum atomic E-state index is -0.762. The van der Waals surface area contributed by atoms with E-state index in [2.05, 4.69) is 210 Å². The SMILES string of the molecule is C1=CC(N(c2ccccc2)c2cccc3ccccc23)(N(c2ccccc2)c2cccc3ccccc23)C=CC1c1ccccc1. The summed E-state index contributed by atoms with van der Waals surface area (Å²) in [6.45, 7) is 0. The summed E-state index contributed by atoms with van der Waals surface area (Å²) in [6, 6.07) is 63.0. The lowest BCUT2D eigenvalue weighted by Crippen LogP contribution is -2.56. The first-order valence-electron chi connectivity index (χ1n) is 15.9. The number of rotatable bonds is 7. The van der Waals surface area contributed by atoms with Gasteiger partial charge in [0.1, 0.15) is 0 Å². The number of anilines is 4. The maximum absolute atomic E-state index is 2.51. The van der Waals surface area contributed by atoms with Gasteiger partial charge in [0.15, 0.2) is 5.66 Å². The van der Waals surface area contributed by atoms with Gasteiger partial charge in [0.05, 0.1) is 11.4 Å². The normalized spacial score (nSPS) is 14.0. The molecule has 7 aromatic carbocycles. The van der Waals surface area contributed by atoms with Gasteiger partial charge in [-0.15, -0.1) is 0 Å². The van der Waals surface area contributed by atoms with E-state index in [1.54, 1.807) is 0 Å². The van der Waals surface area contributed by atoms with E-state index in [4.69, 9.17) is 0 Å². The van der Waals surface area contributed by atoms with Crippen molar-refractivity contribution in [2.45, 2.75) is 11.6 Å². The van der Waals surface area contributed by atoms with Gasteiger partial charge in [0.25, 0.3) is 0 Å². The quantitative estimate of drug-likeness (QED) is 0.135. The van der Waals surface area contributed by atoms with Crippen molar-refractivity contribution in [3.05, 3.63) is 206 Å². The summed E-state index contributed by atoms with van der Waals surface area (Å²) < 4.78 is 0. The molecule has 0 spiro atoms. The van der Waals surface area contributed by atoms with E-state index < -0.39 is 5.66 Å². The van der Waals surface area contributed by atoms with Gasteiger partial charge < -0.3 is 9.80 Å². The number of benzene rings is 7. The van der Waals surface area contributed by atoms with E-state index in [1.165, 1.54) is 27.1 Å². The number of fused-ring (bicyclic) bond motifs is 2. The number of para-hydroxylation sites is 2. The second-order valence-electron chi connectivity index (χ2n) is 11.8. The van der Waals surface area contributed by atoms with Crippen LogP contribution in [0.1, 0.15) is 11.5 Å². The Bertz CT molecular complexity index is 2020. The lowest BCUT2D eigenvalue weighted by Gasteiger charge is -2.51. The molecule has 0 amide bonds. The highest BCUT2D eigenvalue weighted by Gasteiger charge is 2.43. The molecule has 1 aliphatic rings. The molecule has 7 aromatic rings. The number of hydrogen-bond acceptors (Lipinski definition) is 2. The second-order valence-corrected chi connectivity index (χ2v) is 11.8. The molecule has 0 N–H and O–H groups in total. The molecule has 0 atom stereocenters. The van der Waals surface area contributed by atoms with Crippen LogP contribution < -0.4 is 9.80 Å². The lowest BCUT2D eigenvalue weighted by atomic mass is 9.87. The molecule has 0 fully saturated rings. The molecule has 46 heavy (non-hydrogen) atoms. The summed E-state index contributed by atoms with van der Waals surface area (Å²) >= 11 is 0. The average molecular weight is 591 g/mol. The Morgan fingerprint density at radius 1 is 0.370 bits per heavy atom. The van der Waals surface area contributed by atoms with Gasteiger partial charge in [-0.1, -0.05) is 152 Å². The standard InChI is InChI=1S/C44H34N2/c1-4-16-34(17-5-1)35-30-32-44(33-31-35,45(38-22-6-2-7-23-38)42-28-14-20-36-18-10-12-26-40(36)42)46(39-24-8-3-9-25-39)43-29-15-21-37-19-11-13-27-41(37)43/h1-33,35H. The summed E-state index contributed by atoms with van der Waals surface area (Å²) in [5.74, 6) is 0.157. The Morgan fingerprint density at radius 2 is 0.761 bits per heavy atom. The van der Waals surface area contributed by atoms with Gasteiger partial charge in [0.2, 0.25) is 0 Å². The molecule has 0 aromatic heterocycles. The summed E-state index contributed by atoms with van der Waals surface area (Å²) in [4.78, 5) is 5.02. The fourth-order valence-corrected chi connectivity index (χ4v) is 6.94. The minimum Gasteiger partial charge on any atom is -0.310 e. The highest BCUT2D eigenvalue weighted by atomic mass is 15.4. The van der Waals surface area contributed by atoms with Crippen LogP contribution in [-0.4, -0.2) is 5.66 Å². The van der Waals surface area contributed by atoms with E-state index in [0.717, 1.165) is 22.7 Å². The van der Waals surface area contributed by atoms with Crippen LogP contribution >= 0.6 is 0 Å². The molecule has 0 bridgehead atoms. The second kappa shape index (κ2) is 11.9. The van der Waals surface area contributed by atoms with Gasteiger partial charge in [-0.05, 0) is 64.9 Å². The van der Waals surface area contributed by atoms with E-state index in [0.29, 0.717) is 0 Å². The third-order valence-electron chi connectivity index (χ3n) is 9.04. The molecule has 8 rings (SSSR count). The van der Waals surface area contributed by atoms with Crippen LogP contribution in [0.4, 0.5) is 22.7 Å². The van der Waals surface area contributed by atoms with Gasteiger partial charge >= 0.3 is 0 Å². The maximum atomic E-state index is 2.51. The van der Waals surface area contributed by atoms with Gasteiger partial charge in [-0.3, -0.25) is 0 Å².